The zero-order chi connectivity index (χ0) is 7.56. The van der Waals surface area contributed by atoms with Crippen molar-refractivity contribution in [2.75, 3.05) is 12.4 Å². The molecule has 3 heteroatoms. The molecule has 0 bridgehead atoms. The number of halogens is 1. The third-order valence-corrected chi connectivity index (χ3v) is 1.58. The Balaban J connectivity index is 3.07. The maximum Gasteiger partial charge on any atom is 0.113 e. The fraction of sp³-hybridized carbons (Fsp3) is 0.143. The predicted octanol–water partition coefficient (Wildman–Crippen LogP) is 1.18. The average Bonchev–Trinajstić information content (AvgIpc) is 1.88. The van der Waals surface area contributed by atoms with Crippen molar-refractivity contribution in [2.24, 2.45) is 0 Å². The Hall–Kier alpha value is -0.625. The van der Waals surface area contributed by atoms with Crippen LogP contribution in [0, 0.1) is 0 Å². The number of rotatable bonds is 1. The predicted molar refractivity (Wildman–Crippen MR) is 46.4 cm³/mol. The second kappa shape index (κ2) is 2.97. The Morgan fingerprint density at radius 1 is 1.50 bits per heavy atom. The van der Waals surface area contributed by atoms with Gasteiger partial charge in [0.25, 0.3) is 0 Å². The first kappa shape index (κ1) is 7.48. The zero-order valence-corrected chi connectivity index (χ0v) is 6.44. The lowest BCUT2D eigenvalue weighted by Crippen LogP contribution is -2.01. The lowest BCUT2D eigenvalue weighted by atomic mass is 9.96. The molecule has 0 fully saturated rings. The maximum absolute atomic E-state index is 5.79. The van der Waals surface area contributed by atoms with E-state index in [2.05, 4.69) is 5.32 Å². The summed E-state index contributed by atoms with van der Waals surface area (Å²) in [5.74, 6) is 0. The van der Waals surface area contributed by atoms with Crippen LogP contribution in [0.3, 0.4) is 0 Å². The molecule has 0 aliphatic rings. The number of hydrogen-bond acceptors (Lipinski definition) is 1. The molecular formula is C7H7BClN. The summed E-state index contributed by atoms with van der Waals surface area (Å²) in [4.78, 5) is 0. The summed E-state index contributed by atoms with van der Waals surface area (Å²) in [7, 11) is 7.29. The highest BCUT2D eigenvalue weighted by Crippen LogP contribution is 2.17. The summed E-state index contributed by atoms with van der Waals surface area (Å²) in [6, 6.07) is 5.36. The van der Waals surface area contributed by atoms with E-state index in [1.807, 2.05) is 13.1 Å². The van der Waals surface area contributed by atoms with Crippen LogP contribution in [-0.2, 0) is 0 Å². The van der Waals surface area contributed by atoms with Gasteiger partial charge in [-0.2, -0.15) is 0 Å². The molecule has 0 atom stereocenters. The minimum Gasteiger partial charge on any atom is -0.387 e. The third-order valence-electron chi connectivity index (χ3n) is 1.26. The Labute approximate surface area is 66.8 Å². The van der Waals surface area contributed by atoms with Gasteiger partial charge in [-0.25, -0.2) is 0 Å². The molecule has 2 radical (unpaired) electrons. The van der Waals surface area contributed by atoms with Gasteiger partial charge < -0.3 is 5.32 Å². The van der Waals surface area contributed by atoms with E-state index in [9.17, 15) is 0 Å². The molecule has 0 aliphatic carbocycles. The molecular weight excluding hydrogens is 144 g/mol. The van der Waals surface area contributed by atoms with Crippen LogP contribution in [0.2, 0.25) is 5.02 Å². The van der Waals surface area contributed by atoms with Gasteiger partial charge in [-0.3, -0.25) is 0 Å². The molecule has 50 valence electrons. The SMILES string of the molecule is [B]c1ccc(NC)c(Cl)c1. The van der Waals surface area contributed by atoms with Crippen molar-refractivity contribution in [1.82, 2.24) is 0 Å². The van der Waals surface area contributed by atoms with Gasteiger partial charge in [-0.1, -0.05) is 23.1 Å². The molecule has 1 rings (SSSR count). The molecule has 0 saturated heterocycles. The van der Waals surface area contributed by atoms with Gasteiger partial charge in [-0.15, -0.1) is 0 Å². The van der Waals surface area contributed by atoms with Gasteiger partial charge in [-0.05, 0) is 12.1 Å². The number of nitrogens with one attached hydrogen (secondary N) is 1. The van der Waals surface area contributed by atoms with Crippen molar-refractivity contribution >= 4 is 30.6 Å². The van der Waals surface area contributed by atoms with Crippen molar-refractivity contribution in [3.05, 3.63) is 23.2 Å². The average molecular weight is 151 g/mol. The topological polar surface area (TPSA) is 12.0 Å². The van der Waals surface area contributed by atoms with Crippen molar-refractivity contribution in [2.45, 2.75) is 0 Å². The summed E-state index contributed by atoms with van der Waals surface area (Å²) in [6.07, 6.45) is 0. The van der Waals surface area contributed by atoms with E-state index in [0.717, 1.165) is 5.69 Å². The van der Waals surface area contributed by atoms with E-state index < -0.39 is 0 Å². The Kier molecular flexibility index (Phi) is 2.23. The first-order chi connectivity index (χ1) is 4.74. The number of hydrogen-bond donors (Lipinski definition) is 1. The fourth-order valence-electron chi connectivity index (χ4n) is 0.734. The Morgan fingerprint density at radius 2 is 2.20 bits per heavy atom. The van der Waals surface area contributed by atoms with Crippen molar-refractivity contribution in [3.8, 4) is 0 Å². The van der Waals surface area contributed by atoms with Gasteiger partial charge in [0.2, 0.25) is 0 Å². The van der Waals surface area contributed by atoms with E-state index >= 15 is 0 Å². The molecule has 0 unspecified atom stereocenters. The van der Waals surface area contributed by atoms with E-state index in [1.54, 1.807) is 12.1 Å². The molecule has 0 saturated carbocycles. The van der Waals surface area contributed by atoms with Crippen LogP contribution in [0.1, 0.15) is 0 Å². The highest BCUT2D eigenvalue weighted by atomic mass is 35.5. The van der Waals surface area contributed by atoms with Crippen molar-refractivity contribution < 1.29 is 0 Å². The van der Waals surface area contributed by atoms with Crippen LogP contribution in [0.5, 0.6) is 0 Å². The normalized spacial score (nSPS) is 9.40. The molecule has 1 N–H and O–H groups in total. The zero-order valence-electron chi connectivity index (χ0n) is 5.69. The van der Waals surface area contributed by atoms with Crippen molar-refractivity contribution in [3.63, 3.8) is 0 Å². The van der Waals surface area contributed by atoms with Crippen LogP contribution in [0.15, 0.2) is 18.2 Å². The summed E-state index contributed by atoms with van der Waals surface area (Å²) in [6.45, 7) is 0. The van der Waals surface area contributed by atoms with Gasteiger partial charge >= 0.3 is 0 Å². The molecule has 1 nitrogen and oxygen atoms in total. The van der Waals surface area contributed by atoms with Crippen LogP contribution in [-0.4, -0.2) is 14.9 Å². The van der Waals surface area contributed by atoms with Gasteiger partial charge in [0.05, 0.1) is 10.7 Å². The van der Waals surface area contributed by atoms with Crippen LogP contribution in [0.25, 0.3) is 0 Å². The molecule has 0 heterocycles. The first-order valence-corrected chi connectivity index (χ1v) is 3.34. The summed E-state index contributed by atoms with van der Waals surface area (Å²) >= 11 is 5.79. The van der Waals surface area contributed by atoms with Crippen molar-refractivity contribution in [1.29, 1.82) is 0 Å². The first-order valence-electron chi connectivity index (χ1n) is 2.97. The highest BCUT2D eigenvalue weighted by molar-refractivity contribution is 6.37. The van der Waals surface area contributed by atoms with E-state index in [0.29, 0.717) is 10.5 Å². The smallest absolute Gasteiger partial charge is 0.113 e. The molecule has 0 aliphatic heterocycles. The Bertz CT molecular complexity index is 237. The van der Waals surface area contributed by atoms with Crippen LogP contribution < -0.4 is 10.8 Å². The second-order valence-corrected chi connectivity index (χ2v) is 2.40. The van der Waals surface area contributed by atoms with Crippen LogP contribution in [0.4, 0.5) is 5.69 Å². The van der Waals surface area contributed by atoms with E-state index in [1.165, 1.54) is 0 Å². The minimum atomic E-state index is 0.655. The van der Waals surface area contributed by atoms with Gasteiger partial charge in [0.1, 0.15) is 7.85 Å². The standard InChI is InChI=1S/C7H7BClN/c1-10-7-3-2-5(8)4-6(7)9/h2-4,10H,1H3. The monoisotopic (exact) mass is 151 g/mol. The summed E-state index contributed by atoms with van der Waals surface area (Å²) in [5.41, 5.74) is 1.58. The fourth-order valence-corrected chi connectivity index (χ4v) is 1.02. The lowest BCUT2D eigenvalue weighted by molar-refractivity contribution is 1.52. The van der Waals surface area contributed by atoms with Gasteiger partial charge in [0.15, 0.2) is 0 Å². The molecule has 0 spiro atoms. The van der Waals surface area contributed by atoms with Crippen LogP contribution >= 0.6 is 11.6 Å². The highest BCUT2D eigenvalue weighted by Gasteiger charge is 1.94. The third kappa shape index (κ3) is 1.45. The molecule has 10 heavy (non-hydrogen) atoms. The lowest BCUT2D eigenvalue weighted by Gasteiger charge is -2.02. The Morgan fingerprint density at radius 3 is 2.70 bits per heavy atom. The molecule has 0 aromatic heterocycles. The largest absolute Gasteiger partial charge is 0.387 e. The van der Waals surface area contributed by atoms with E-state index in [-0.39, 0.29) is 0 Å². The number of benzene rings is 1. The summed E-state index contributed by atoms with van der Waals surface area (Å²) < 4.78 is 0. The molecule has 1 aromatic carbocycles. The second-order valence-electron chi connectivity index (χ2n) is 1.99. The summed E-state index contributed by atoms with van der Waals surface area (Å²) in [5, 5.41) is 3.59. The molecule has 0 amide bonds. The minimum absolute atomic E-state index is 0.655. The van der Waals surface area contributed by atoms with E-state index in [4.69, 9.17) is 19.4 Å². The quantitative estimate of drug-likeness (QED) is 0.594. The van der Waals surface area contributed by atoms with Gasteiger partial charge in [0, 0.05) is 7.05 Å². The maximum atomic E-state index is 5.79. The molecule has 1 aromatic rings. The number of anilines is 1.